The molecule has 12 aromatic rings. The summed E-state index contributed by atoms with van der Waals surface area (Å²) < 4.78 is 13.0. The van der Waals surface area contributed by atoms with Crippen molar-refractivity contribution in [3.05, 3.63) is 200 Å². The highest BCUT2D eigenvalue weighted by molar-refractivity contribution is 6.19. The molecule has 0 spiro atoms. The van der Waals surface area contributed by atoms with E-state index in [-0.39, 0.29) is 0 Å². The van der Waals surface area contributed by atoms with Crippen molar-refractivity contribution >= 4 is 54.6 Å². The molecule has 60 heavy (non-hydrogen) atoms. The van der Waals surface area contributed by atoms with Crippen LogP contribution in [0.25, 0.3) is 122 Å². The van der Waals surface area contributed by atoms with Crippen LogP contribution in [0.4, 0.5) is 0 Å². The molecule has 3 aromatic heterocycles. The molecule has 5 heteroatoms. The summed E-state index contributed by atoms with van der Waals surface area (Å²) in [6.07, 6.45) is 0. The number of fused-ring (bicyclic) bond motifs is 8. The van der Waals surface area contributed by atoms with Crippen molar-refractivity contribution in [3.8, 4) is 67.5 Å². The molecular weight excluding hydrogens is 735 g/mol. The van der Waals surface area contributed by atoms with Gasteiger partial charge in [-0.1, -0.05) is 152 Å². The molecule has 0 aliphatic heterocycles. The molecule has 0 amide bonds. The molecule has 280 valence electrons. The summed E-state index contributed by atoms with van der Waals surface area (Å²) in [6, 6.07) is 69.3. The highest BCUT2D eigenvalue weighted by Gasteiger charge is 2.22. The lowest BCUT2D eigenvalue weighted by atomic mass is 9.86. The molecule has 0 aliphatic rings. The Morgan fingerprint density at radius 3 is 1.63 bits per heavy atom. The van der Waals surface area contributed by atoms with Crippen molar-refractivity contribution in [1.82, 2.24) is 15.0 Å². The van der Waals surface area contributed by atoms with E-state index in [1.165, 1.54) is 5.39 Å². The van der Waals surface area contributed by atoms with Gasteiger partial charge in [-0.15, -0.1) is 0 Å². The predicted octanol–water partition coefficient (Wildman–Crippen LogP) is 14.8. The number of hydrogen-bond acceptors (Lipinski definition) is 5. The smallest absolute Gasteiger partial charge is 0.164 e. The van der Waals surface area contributed by atoms with E-state index in [1.54, 1.807) is 0 Å². The zero-order chi connectivity index (χ0) is 39.6. The Morgan fingerprint density at radius 1 is 0.283 bits per heavy atom. The Labute approximate surface area is 344 Å². The standard InChI is InChI=1S/C55H33N3O2/c1-4-14-34(15-5-1)40-30-45(38-24-27-43-42-22-12-13-23-47(42)59-49(43)32-38)51(36-17-6-2-7-18-36)46(31-40)55-57-53(37-19-8-3-9-20-37)56-54(58-55)39-25-28-44-50(33-39)60-48-29-26-35-16-10-11-21-41(35)52(44)48/h1-33H. The average Bonchev–Trinajstić information content (AvgIpc) is 3.90. The number of furan rings is 2. The van der Waals surface area contributed by atoms with Crippen LogP contribution < -0.4 is 0 Å². The Balaban J connectivity index is 1.13. The quantitative estimate of drug-likeness (QED) is 0.169. The third-order valence-corrected chi connectivity index (χ3v) is 11.5. The SMILES string of the molecule is c1ccc(-c2cc(-c3ccc4c(c3)oc3ccccc34)c(-c3ccccc3)c(-c3nc(-c4ccccc4)nc(-c4ccc5c(c4)oc4ccc6ccccc6c45)n3)c2)cc1. The topological polar surface area (TPSA) is 65.0 Å². The van der Waals surface area contributed by atoms with E-state index in [0.717, 1.165) is 99.3 Å². The van der Waals surface area contributed by atoms with Gasteiger partial charge in [-0.25, -0.2) is 15.0 Å². The Morgan fingerprint density at radius 2 is 0.833 bits per heavy atom. The molecule has 0 atom stereocenters. The first-order chi connectivity index (χ1) is 29.7. The van der Waals surface area contributed by atoms with Crippen molar-refractivity contribution in [3.63, 3.8) is 0 Å². The summed E-state index contributed by atoms with van der Waals surface area (Å²) in [6.45, 7) is 0. The monoisotopic (exact) mass is 767 g/mol. The van der Waals surface area contributed by atoms with Crippen LogP contribution >= 0.6 is 0 Å². The van der Waals surface area contributed by atoms with Crippen LogP contribution in [0, 0.1) is 0 Å². The van der Waals surface area contributed by atoms with E-state index in [4.69, 9.17) is 23.8 Å². The third-order valence-electron chi connectivity index (χ3n) is 11.5. The van der Waals surface area contributed by atoms with E-state index in [0.29, 0.717) is 17.5 Å². The van der Waals surface area contributed by atoms with E-state index in [2.05, 4.69) is 146 Å². The molecule has 0 fully saturated rings. The van der Waals surface area contributed by atoms with E-state index in [1.807, 2.05) is 54.6 Å². The van der Waals surface area contributed by atoms with Crippen LogP contribution in [0.5, 0.6) is 0 Å². The number of para-hydroxylation sites is 1. The Kier molecular flexibility index (Phi) is 7.78. The van der Waals surface area contributed by atoms with Gasteiger partial charge in [-0.2, -0.15) is 0 Å². The maximum Gasteiger partial charge on any atom is 0.164 e. The second-order valence-corrected chi connectivity index (χ2v) is 15.1. The minimum atomic E-state index is 0.556. The van der Waals surface area contributed by atoms with Gasteiger partial charge in [-0.05, 0) is 87.1 Å². The van der Waals surface area contributed by atoms with Gasteiger partial charge in [0.1, 0.15) is 22.3 Å². The molecule has 0 N–H and O–H groups in total. The van der Waals surface area contributed by atoms with E-state index < -0.39 is 0 Å². The van der Waals surface area contributed by atoms with E-state index >= 15 is 0 Å². The number of aromatic nitrogens is 3. The fraction of sp³-hybridized carbons (Fsp3) is 0. The Hall–Kier alpha value is -8.15. The first-order valence-corrected chi connectivity index (χ1v) is 20.1. The van der Waals surface area contributed by atoms with E-state index in [9.17, 15) is 0 Å². The van der Waals surface area contributed by atoms with Gasteiger partial charge < -0.3 is 8.83 Å². The molecule has 0 radical (unpaired) electrons. The van der Waals surface area contributed by atoms with Crippen LogP contribution in [-0.2, 0) is 0 Å². The molecule has 0 bridgehead atoms. The largest absolute Gasteiger partial charge is 0.456 e. The van der Waals surface area contributed by atoms with Gasteiger partial charge >= 0.3 is 0 Å². The highest BCUT2D eigenvalue weighted by Crippen LogP contribution is 2.45. The molecule has 9 aromatic carbocycles. The molecule has 0 aliphatic carbocycles. The zero-order valence-corrected chi connectivity index (χ0v) is 32.2. The van der Waals surface area contributed by atoms with Crippen molar-refractivity contribution in [2.75, 3.05) is 0 Å². The maximum absolute atomic E-state index is 6.53. The number of rotatable bonds is 6. The molecular formula is C55H33N3O2. The molecule has 0 saturated carbocycles. The minimum Gasteiger partial charge on any atom is -0.456 e. The lowest BCUT2D eigenvalue weighted by Gasteiger charge is -2.19. The summed E-state index contributed by atoms with van der Waals surface area (Å²) in [7, 11) is 0. The van der Waals surface area contributed by atoms with Gasteiger partial charge in [0, 0.05) is 43.8 Å². The minimum absolute atomic E-state index is 0.556. The molecule has 0 saturated heterocycles. The lowest BCUT2D eigenvalue weighted by molar-refractivity contribution is 0.669. The molecule has 0 unspecified atom stereocenters. The van der Waals surface area contributed by atoms with Crippen LogP contribution in [0.2, 0.25) is 0 Å². The normalized spacial score (nSPS) is 11.7. The zero-order valence-electron chi connectivity index (χ0n) is 32.2. The van der Waals surface area contributed by atoms with Crippen LogP contribution in [0.15, 0.2) is 209 Å². The predicted molar refractivity (Wildman–Crippen MR) is 245 cm³/mol. The highest BCUT2D eigenvalue weighted by atomic mass is 16.3. The van der Waals surface area contributed by atoms with Gasteiger partial charge in [0.15, 0.2) is 17.5 Å². The first kappa shape index (κ1) is 33.9. The second-order valence-electron chi connectivity index (χ2n) is 15.1. The van der Waals surface area contributed by atoms with Crippen molar-refractivity contribution in [2.24, 2.45) is 0 Å². The van der Waals surface area contributed by atoms with Crippen LogP contribution in [0.3, 0.4) is 0 Å². The second kappa shape index (κ2) is 13.8. The van der Waals surface area contributed by atoms with Crippen molar-refractivity contribution < 1.29 is 8.83 Å². The van der Waals surface area contributed by atoms with Gasteiger partial charge in [-0.3, -0.25) is 0 Å². The Bertz CT molecular complexity index is 3590. The van der Waals surface area contributed by atoms with Crippen LogP contribution in [-0.4, -0.2) is 15.0 Å². The van der Waals surface area contributed by atoms with Gasteiger partial charge in [0.05, 0.1) is 0 Å². The summed E-state index contributed by atoms with van der Waals surface area (Å²) in [4.78, 5) is 15.8. The van der Waals surface area contributed by atoms with Crippen molar-refractivity contribution in [2.45, 2.75) is 0 Å². The summed E-state index contributed by atoms with van der Waals surface area (Å²) in [5.41, 5.74) is 12.2. The number of hydrogen-bond donors (Lipinski definition) is 0. The lowest BCUT2D eigenvalue weighted by Crippen LogP contribution is -2.02. The fourth-order valence-electron chi connectivity index (χ4n) is 8.68. The summed E-state index contributed by atoms with van der Waals surface area (Å²) >= 11 is 0. The summed E-state index contributed by atoms with van der Waals surface area (Å²) in [5.74, 6) is 1.71. The van der Waals surface area contributed by atoms with Gasteiger partial charge in [0.25, 0.3) is 0 Å². The summed E-state index contributed by atoms with van der Waals surface area (Å²) in [5, 5.41) is 6.68. The maximum atomic E-state index is 6.53. The van der Waals surface area contributed by atoms with Gasteiger partial charge in [0.2, 0.25) is 0 Å². The molecule has 12 rings (SSSR count). The van der Waals surface area contributed by atoms with Crippen molar-refractivity contribution in [1.29, 1.82) is 0 Å². The molecule has 5 nitrogen and oxygen atoms in total. The third kappa shape index (κ3) is 5.67. The first-order valence-electron chi connectivity index (χ1n) is 20.1. The average molecular weight is 768 g/mol. The number of nitrogens with zero attached hydrogens (tertiary/aromatic N) is 3. The number of benzene rings is 9. The van der Waals surface area contributed by atoms with Crippen LogP contribution in [0.1, 0.15) is 0 Å². The fourth-order valence-corrected chi connectivity index (χ4v) is 8.68. The molecule has 3 heterocycles.